The molecule has 0 atom stereocenters. The summed E-state index contributed by atoms with van der Waals surface area (Å²) in [6.07, 6.45) is 3.37. The molecule has 2 aromatic rings. The van der Waals surface area contributed by atoms with Gasteiger partial charge in [0.1, 0.15) is 5.76 Å². The molecular formula is C22H22O7. The van der Waals surface area contributed by atoms with Gasteiger partial charge in [-0.1, -0.05) is 0 Å². The smallest absolute Gasteiger partial charge is 0.343 e. The monoisotopic (exact) mass is 398 g/mol. The van der Waals surface area contributed by atoms with E-state index in [1.165, 1.54) is 21.3 Å². The van der Waals surface area contributed by atoms with E-state index in [1.807, 2.05) is 0 Å². The maximum Gasteiger partial charge on any atom is 0.343 e. The average molecular weight is 398 g/mol. The lowest BCUT2D eigenvalue weighted by Crippen LogP contribution is -1.99. The second kappa shape index (κ2) is 8.60. The van der Waals surface area contributed by atoms with Crippen LogP contribution in [-0.4, -0.2) is 41.5 Å². The summed E-state index contributed by atoms with van der Waals surface area (Å²) in [5.74, 6) is 2.58. The molecule has 0 aromatic heterocycles. The Balaban J connectivity index is 1.99. The van der Waals surface area contributed by atoms with E-state index in [-0.39, 0.29) is 0 Å². The van der Waals surface area contributed by atoms with Crippen molar-refractivity contribution in [3.63, 3.8) is 0 Å². The second-order valence-electron chi connectivity index (χ2n) is 6.03. The normalized spacial score (nSPS) is 14.3. The summed E-state index contributed by atoms with van der Waals surface area (Å²) < 4.78 is 32.0. The molecule has 0 saturated carbocycles. The summed E-state index contributed by atoms with van der Waals surface area (Å²) in [6.45, 7) is 0. The van der Waals surface area contributed by atoms with Gasteiger partial charge >= 0.3 is 5.97 Å². The molecule has 1 aliphatic heterocycles. The maximum atomic E-state index is 12.4. The zero-order valence-corrected chi connectivity index (χ0v) is 16.9. The number of hydrogen-bond acceptors (Lipinski definition) is 7. The number of cyclic esters (lactones) is 1. The van der Waals surface area contributed by atoms with E-state index < -0.39 is 5.97 Å². The highest BCUT2D eigenvalue weighted by atomic mass is 16.5. The molecule has 152 valence electrons. The molecule has 0 spiro atoms. The van der Waals surface area contributed by atoms with Crippen molar-refractivity contribution in [2.45, 2.75) is 0 Å². The quantitative estimate of drug-likeness (QED) is 0.520. The standard InChI is InChI=1S/C22H22O7/c1-24-16-7-6-14(11-18(16)25-2)17-12-15(22(23)29-17)8-13-9-19(26-3)21(28-5)20(10-13)27-4/h6-12H,1-5H3/b15-8+. The second-order valence-corrected chi connectivity index (χ2v) is 6.03. The van der Waals surface area contributed by atoms with Gasteiger partial charge in [-0.15, -0.1) is 0 Å². The van der Waals surface area contributed by atoms with Crippen LogP contribution in [0.4, 0.5) is 0 Å². The third-order valence-electron chi connectivity index (χ3n) is 4.40. The fourth-order valence-electron chi connectivity index (χ4n) is 2.99. The first-order chi connectivity index (χ1) is 14.0. The van der Waals surface area contributed by atoms with Crippen molar-refractivity contribution in [1.29, 1.82) is 0 Å². The van der Waals surface area contributed by atoms with Crippen LogP contribution in [0.2, 0.25) is 0 Å². The summed E-state index contributed by atoms with van der Waals surface area (Å²) in [5.41, 5.74) is 1.80. The molecule has 0 N–H and O–H groups in total. The fraction of sp³-hybridized carbons (Fsp3) is 0.227. The minimum atomic E-state index is -0.455. The molecule has 1 aliphatic rings. The Morgan fingerprint density at radius 2 is 1.38 bits per heavy atom. The van der Waals surface area contributed by atoms with Gasteiger partial charge in [0.2, 0.25) is 5.75 Å². The van der Waals surface area contributed by atoms with Gasteiger partial charge in [0.25, 0.3) is 0 Å². The number of ether oxygens (including phenoxy) is 6. The Kier molecular flexibility index (Phi) is 5.97. The summed E-state index contributed by atoms with van der Waals surface area (Å²) in [5, 5.41) is 0. The van der Waals surface area contributed by atoms with Crippen LogP contribution < -0.4 is 23.7 Å². The maximum absolute atomic E-state index is 12.4. The first-order valence-corrected chi connectivity index (χ1v) is 8.72. The van der Waals surface area contributed by atoms with Crippen molar-refractivity contribution < 1.29 is 33.2 Å². The molecule has 7 nitrogen and oxygen atoms in total. The summed E-state index contributed by atoms with van der Waals surface area (Å²) in [6, 6.07) is 8.81. The van der Waals surface area contributed by atoms with Crippen LogP contribution in [0, 0.1) is 0 Å². The van der Waals surface area contributed by atoms with Crippen molar-refractivity contribution in [2.75, 3.05) is 35.5 Å². The zero-order valence-electron chi connectivity index (χ0n) is 16.9. The summed E-state index contributed by atoms with van der Waals surface area (Å²) in [7, 11) is 7.71. The van der Waals surface area contributed by atoms with E-state index in [0.717, 1.165) is 0 Å². The van der Waals surface area contributed by atoms with Gasteiger partial charge in [0, 0.05) is 5.56 Å². The van der Waals surface area contributed by atoms with E-state index in [4.69, 9.17) is 28.4 Å². The van der Waals surface area contributed by atoms with Crippen LogP contribution in [-0.2, 0) is 9.53 Å². The first kappa shape index (κ1) is 20.1. The largest absolute Gasteiger partial charge is 0.493 e. The number of carbonyl (C=O) groups excluding carboxylic acids is 1. The number of methoxy groups -OCH3 is 5. The van der Waals surface area contributed by atoms with Gasteiger partial charge in [0.05, 0.1) is 41.1 Å². The molecule has 2 aromatic carbocycles. The molecule has 0 saturated heterocycles. The van der Waals surface area contributed by atoms with Crippen LogP contribution in [0.1, 0.15) is 11.1 Å². The van der Waals surface area contributed by atoms with E-state index >= 15 is 0 Å². The highest BCUT2D eigenvalue weighted by Gasteiger charge is 2.23. The molecule has 0 bridgehead atoms. The van der Waals surface area contributed by atoms with Crippen molar-refractivity contribution in [3.8, 4) is 28.7 Å². The first-order valence-electron chi connectivity index (χ1n) is 8.72. The number of rotatable bonds is 7. The van der Waals surface area contributed by atoms with Gasteiger partial charge in [-0.25, -0.2) is 4.79 Å². The Bertz CT molecular complexity index is 964. The van der Waals surface area contributed by atoms with Crippen molar-refractivity contribution in [1.82, 2.24) is 0 Å². The van der Waals surface area contributed by atoms with Gasteiger partial charge < -0.3 is 28.4 Å². The van der Waals surface area contributed by atoms with E-state index in [0.29, 0.717) is 51.2 Å². The number of esters is 1. The average Bonchev–Trinajstić information content (AvgIpc) is 3.12. The van der Waals surface area contributed by atoms with Crippen LogP contribution >= 0.6 is 0 Å². The van der Waals surface area contributed by atoms with Crippen molar-refractivity contribution in [3.05, 3.63) is 53.1 Å². The zero-order chi connectivity index (χ0) is 21.0. The topological polar surface area (TPSA) is 72.5 Å². The molecule has 0 radical (unpaired) electrons. The van der Waals surface area contributed by atoms with E-state index in [1.54, 1.807) is 56.7 Å². The minimum absolute atomic E-state index is 0.393. The number of hydrogen-bond donors (Lipinski definition) is 0. The minimum Gasteiger partial charge on any atom is -0.493 e. The van der Waals surface area contributed by atoms with Crippen molar-refractivity contribution in [2.24, 2.45) is 0 Å². The fourth-order valence-corrected chi connectivity index (χ4v) is 2.99. The van der Waals surface area contributed by atoms with Crippen LogP contribution in [0.15, 0.2) is 42.0 Å². The van der Waals surface area contributed by atoms with Crippen molar-refractivity contribution >= 4 is 17.8 Å². The Morgan fingerprint density at radius 3 is 1.93 bits per heavy atom. The highest BCUT2D eigenvalue weighted by molar-refractivity contribution is 6.05. The van der Waals surface area contributed by atoms with Gasteiger partial charge in [-0.05, 0) is 48.0 Å². The highest BCUT2D eigenvalue weighted by Crippen LogP contribution is 2.39. The Labute approximate surface area is 169 Å². The molecule has 29 heavy (non-hydrogen) atoms. The molecule has 1 heterocycles. The third kappa shape index (κ3) is 3.99. The van der Waals surface area contributed by atoms with Gasteiger partial charge in [-0.2, -0.15) is 0 Å². The predicted molar refractivity (Wildman–Crippen MR) is 108 cm³/mol. The number of benzene rings is 2. The lowest BCUT2D eigenvalue weighted by atomic mass is 10.1. The molecule has 0 fully saturated rings. The van der Waals surface area contributed by atoms with Crippen LogP contribution in [0.25, 0.3) is 11.8 Å². The summed E-state index contributed by atoms with van der Waals surface area (Å²) in [4.78, 5) is 12.4. The molecule has 0 aliphatic carbocycles. The lowest BCUT2D eigenvalue weighted by molar-refractivity contribution is -0.130. The number of carbonyl (C=O) groups is 1. The van der Waals surface area contributed by atoms with Gasteiger partial charge in [0.15, 0.2) is 23.0 Å². The third-order valence-corrected chi connectivity index (χ3v) is 4.40. The molecule has 3 rings (SSSR count). The lowest BCUT2D eigenvalue weighted by Gasteiger charge is -2.12. The van der Waals surface area contributed by atoms with Crippen LogP contribution in [0.5, 0.6) is 28.7 Å². The Morgan fingerprint density at radius 1 is 0.759 bits per heavy atom. The summed E-state index contributed by atoms with van der Waals surface area (Å²) >= 11 is 0. The molecule has 0 unspecified atom stereocenters. The van der Waals surface area contributed by atoms with E-state index in [2.05, 4.69) is 0 Å². The molecule has 0 amide bonds. The van der Waals surface area contributed by atoms with Gasteiger partial charge in [-0.3, -0.25) is 0 Å². The van der Waals surface area contributed by atoms with E-state index in [9.17, 15) is 4.79 Å². The molecule has 7 heteroatoms. The Hall–Kier alpha value is -3.61. The SMILES string of the molecule is COc1ccc(C2=C/C(=C\c3cc(OC)c(OC)c(OC)c3)C(=O)O2)cc1OC. The predicted octanol–water partition coefficient (Wildman–Crippen LogP) is 3.71. The molecular weight excluding hydrogens is 376 g/mol. The van der Waals surface area contributed by atoms with Crippen LogP contribution in [0.3, 0.4) is 0 Å².